The van der Waals surface area contributed by atoms with E-state index in [2.05, 4.69) is 0 Å². The van der Waals surface area contributed by atoms with E-state index in [0.29, 0.717) is 5.92 Å². The fourth-order valence-electron chi connectivity index (χ4n) is 2.30. The fraction of sp³-hybridized carbons (Fsp3) is 0.400. The molecule has 1 saturated carbocycles. The van der Waals surface area contributed by atoms with Gasteiger partial charge in [0.25, 0.3) is 0 Å². The first-order chi connectivity index (χ1) is 8.75. The van der Waals surface area contributed by atoms with Gasteiger partial charge in [-0.2, -0.15) is 0 Å². The number of para-hydroxylation sites is 1. The van der Waals surface area contributed by atoms with Crippen LogP contribution in [-0.4, -0.2) is 17.7 Å². The average molecular weight is 246 g/mol. The molecule has 0 amide bonds. The van der Waals surface area contributed by atoms with Gasteiger partial charge in [0.05, 0.1) is 6.61 Å². The molecule has 96 valence electrons. The molecule has 1 N–H and O–H groups in total. The number of hydrogen-bond acceptors (Lipinski definition) is 2. The highest BCUT2D eigenvalue weighted by atomic mass is 16.5. The molecule has 1 aliphatic rings. The van der Waals surface area contributed by atoms with Crippen LogP contribution in [0.5, 0.6) is 5.75 Å². The summed E-state index contributed by atoms with van der Waals surface area (Å²) in [6, 6.07) is 7.53. The Morgan fingerprint density at radius 1 is 1.33 bits per heavy atom. The quantitative estimate of drug-likeness (QED) is 0.810. The van der Waals surface area contributed by atoms with Crippen molar-refractivity contribution in [1.82, 2.24) is 0 Å². The topological polar surface area (TPSA) is 46.5 Å². The predicted molar refractivity (Wildman–Crippen MR) is 70.6 cm³/mol. The summed E-state index contributed by atoms with van der Waals surface area (Å²) in [6.45, 7) is 0.734. The maximum atomic E-state index is 10.5. The molecular formula is C15H18O3. The van der Waals surface area contributed by atoms with E-state index in [1.54, 1.807) is 6.08 Å². The normalized spacial score (nSPS) is 16.2. The number of aliphatic carboxylic acids is 1. The molecule has 0 aliphatic heterocycles. The third-order valence-corrected chi connectivity index (χ3v) is 3.27. The Balaban J connectivity index is 2.00. The average Bonchev–Trinajstić information content (AvgIpc) is 2.88. The second-order valence-electron chi connectivity index (χ2n) is 4.67. The minimum atomic E-state index is -0.944. The molecule has 2 rings (SSSR count). The van der Waals surface area contributed by atoms with Gasteiger partial charge in [-0.05, 0) is 30.9 Å². The van der Waals surface area contributed by atoms with Crippen molar-refractivity contribution in [2.75, 3.05) is 6.61 Å². The van der Waals surface area contributed by atoms with Crippen LogP contribution < -0.4 is 4.74 Å². The first-order valence-electron chi connectivity index (χ1n) is 6.38. The van der Waals surface area contributed by atoms with Crippen LogP contribution in [0.1, 0.15) is 31.2 Å². The van der Waals surface area contributed by atoms with Crippen molar-refractivity contribution < 1.29 is 14.6 Å². The van der Waals surface area contributed by atoms with Gasteiger partial charge in [0.15, 0.2) is 0 Å². The lowest BCUT2D eigenvalue weighted by atomic mass is 10.1. The summed E-state index contributed by atoms with van der Waals surface area (Å²) in [5.41, 5.74) is 0.817. The van der Waals surface area contributed by atoms with E-state index in [9.17, 15) is 4.79 Å². The summed E-state index contributed by atoms with van der Waals surface area (Å²) in [4.78, 5) is 10.5. The molecule has 0 atom stereocenters. The number of carboxylic acid groups (broad SMARTS) is 1. The Morgan fingerprint density at radius 3 is 2.78 bits per heavy atom. The van der Waals surface area contributed by atoms with Crippen LogP contribution in [0.2, 0.25) is 0 Å². The van der Waals surface area contributed by atoms with E-state index >= 15 is 0 Å². The zero-order chi connectivity index (χ0) is 12.8. The third kappa shape index (κ3) is 3.62. The molecule has 1 aliphatic carbocycles. The summed E-state index contributed by atoms with van der Waals surface area (Å²) in [5, 5.41) is 8.64. The molecule has 18 heavy (non-hydrogen) atoms. The Morgan fingerprint density at radius 2 is 2.06 bits per heavy atom. The summed E-state index contributed by atoms with van der Waals surface area (Å²) < 4.78 is 5.81. The molecule has 0 bridgehead atoms. The highest BCUT2D eigenvalue weighted by Crippen LogP contribution is 2.27. The van der Waals surface area contributed by atoms with Crippen molar-refractivity contribution in [2.45, 2.75) is 25.7 Å². The first kappa shape index (κ1) is 12.7. The SMILES string of the molecule is O=C(O)/C=C/c1ccccc1OCC1CCCC1. The molecular weight excluding hydrogens is 228 g/mol. The van der Waals surface area contributed by atoms with E-state index in [1.807, 2.05) is 24.3 Å². The smallest absolute Gasteiger partial charge is 0.328 e. The van der Waals surface area contributed by atoms with Gasteiger partial charge in [0, 0.05) is 11.6 Å². The van der Waals surface area contributed by atoms with Crippen molar-refractivity contribution >= 4 is 12.0 Å². The van der Waals surface area contributed by atoms with E-state index in [0.717, 1.165) is 24.0 Å². The molecule has 0 radical (unpaired) electrons. The Labute approximate surface area is 107 Å². The van der Waals surface area contributed by atoms with E-state index < -0.39 is 5.97 Å². The molecule has 0 heterocycles. The lowest BCUT2D eigenvalue weighted by Crippen LogP contribution is -2.08. The molecule has 0 spiro atoms. The molecule has 1 aromatic carbocycles. The van der Waals surface area contributed by atoms with Crippen LogP contribution in [0.15, 0.2) is 30.3 Å². The van der Waals surface area contributed by atoms with Gasteiger partial charge in [0.1, 0.15) is 5.75 Å². The minimum absolute atomic E-state index is 0.654. The Kier molecular flexibility index (Phi) is 4.40. The number of carbonyl (C=O) groups is 1. The number of carboxylic acids is 1. The monoisotopic (exact) mass is 246 g/mol. The van der Waals surface area contributed by atoms with Gasteiger partial charge in [-0.15, -0.1) is 0 Å². The summed E-state index contributed by atoms with van der Waals surface area (Å²) >= 11 is 0. The van der Waals surface area contributed by atoms with Gasteiger partial charge in [0.2, 0.25) is 0 Å². The van der Waals surface area contributed by atoms with Crippen LogP contribution in [0.4, 0.5) is 0 Å². The third-order valence-electron chi connectivity index (χ3n) is 3.27. The zero-order valence-corrected chi connectivity index (χ0v) is 10.3. The predicted octanol–water partition coefficient (Wildman–Crippen LogP) is 3.35. The molecule has 1 fully saturated rings. The highest BCUT2D eigenvalue weighted by Gasteiger charge is 2.15. The lowest BCUT2D eigenvalue weighted by Gasteiger charge is -2.13. The summed E-state index contributed by atoms with van der Waals surface area (Å²) in [7, 11) is 0. The standard InChI is InChI=1S/C15H18O3/c16-15(17)10-9-13-7-3-4-8-14(13)18-11-12-5-1-2-6-12/h3-4,7-10,12H,1-2,5-6,11H2,(H,16,17)/b10-9+. The molecule has 3 nitrogen and oxygen atoms in total. The lowest BCUT2D eigenvalue weighted by molar-refractivity contribution is -0.131. The van der Waals surface area contributed by atoms with Crippen LogP contribution in [0.25, 0.3) is 6.08 Å². The Bertz CT molecular complexity index is 431. The molecule has 0 aromatic heterocycles. The van der Waals surface area contributed by atoms with Gasteiger partial charge >= 0.3 is 5.97 Å². The van der Waals surface area contributed by atoms with E-state index in [1.165, 1.54) is 25.7 Å². The zero-order valence-electron chi connectivity index (χ0n) is 10.3. The summed E-state index contributed by atoms with van der Waals surface area (Å²) in [5.74, 6) is 0.476. The van der Waals surface area contributed by atoms with Crippen LogP contribution in [-0.2, 0) is 4.79 Å². The number of benzene rings is 1. The van der Waals surface area contributed by atoms with Crippen LogP contribution in [0.3, 0.4) is 0 Å². The fourth-order valence-corrected chi connectivity index (χ4v) is 2.30. The number of hydrogen-bond donors (Lipinski definition) is 1. The maximum Gasteiger partial charge on any atom is 0.328 e. The van der Waals surface area contributed by atoms with Crippen molar-refractivity contribution in [3.05, 3.63) is 35.9 Å². The largest absolute Gasteiger partial charge is 0.493 e. The van der Waals surface area contributed by atoms with Gasteiger partial charge in [-0.1, -0.05) is 31.0 Å². The maximum absolute atomic E-state index is 10.5. The second kappa shape index (κ2) is 6.24. The first-order valence-corrected chi connectivity index (χ1v) is 6.38. The van der Waals surface area contributed by atoms with Crippen molar-refractivity contribution in [2.24, 2.45) is 5.92 Å². The second-order valence-corrected chi connectivity index (χ2v) is 4.67. The molecule has 1 aromatic rings. The minimum Gasteiger partial charge on any atom is -0.493 e. The molecule has 0 unspecified atom stereocenters. The Hall–Kier alpha value is -1.77. The van der Waals surface area contributed by atoms with Crippen LogP contribution in [0, 0.1) is 5.92 Å². The molecule has 0 saturated heterocycles. The number of ether oxygens (including phenoxy) is 1. The molecule has 3 heteroatoms. The van der Waals surface area contributed by atoms with Gasteiger partial charge in [-0.25, -0.2) is 4.79 Å². The van der Waals surface area contributed by atoms with Crippen molar-refractivity contribution in [3.63, 3.8) is 0 Å². The highest BCUT2D eigenvalue weighted by molar-refractivity contribution is 5.85. The van der Waals surface area contributed by atoms with Crippen molar-refractivity contribution in [3.8, 4) is 5.75 Å². The van der Waals surface area contributed by atoms with E-state index in [-0.39, 0.29) is 0 Å². The van der Waals surface area contributed by atoms with Crippen molar-refractivity contribution in [1.29, 1.82) is 0 Å². The van der Waals surface area contributed by atoms with Crippen LogP contribution >= 0.6 is 0 Å². The van der Waals surface area contributed by atoms with Gasteiger partial charge in [-0.3, -0.25) is 0 Å². The summed E-state index contributed by atoms with van der Waals surface area (Å²) in [6.07, 6.45) is 7.80. The van der Waals surface area contributed by atoms with Gasteiger partial charge < -0.3 is 9.84 Å². The van der Waals surface area contributed by atoms with E-state index in [4.69, 9.17) is 9.84 Å². The number of rotatable bonds is 5.